The molecule has 21 heavy (non-hydrogen) atoms. The highest BCUT2D eigenvalue weighted by Gasteiger charge is 2.42. The van der Waals surface area contributed by atoms with Crippen LogP contribution in [0.25, 0.3) is 0 Å². The summed E-state index contributed by atoms with van der Waals surface area (Å²) in [4.78, 5) is 12.0. The largest absolute Gasteiger partial charge is 0.391 e. The molecule has 0 aromatic rings. The first-order valence-corrected chi connectivity index (χ1v) is 7.70. The van der Waals surface area contributed by atoms with Crippen molar-refractivity contribution in [2.45, 2.75) is 44.7 Å². The van der Waals surface area contributed by atoms with Crippen molar-refractivity contribution in [2.24, 2.45) is 11.8 Å². The lowest BCUT2D eigenvalue weighted by molar-refractivity contribution is -0.184. The Labute approximate surface area is 123 Å². The lowest BCUT2D eigenvalue weighted by Gasteiger charge is -2.29. The fraction of sp³-hybridized carbons (Fsp3) is 0.800. The van der Waals surface area contributed by atoms with Crippen molar-refractivity contribution in [1.29, 1.82) is 0 Å². The summed E-state index contributed by atoms with van der Waals surface area (Å²) in [5.41, 5.74) is 1.34. The molecular weight excluding hydrogens is 281 g/mol. The summed E-state index contributed by atoms with van der Waals surface area (Å²) < 4.78 is 37.7. The van der Waals surface area contributed by atoms with E-state index in [1.165, 1.54) is 5.57 Å². The average molecular weight is 304 g/mol. The van der Waals surface area contributed by atoms with E-state index in [1.54, 1.807) is 0 Å². The third-order valence-corrected chi connectivity index (χ3v) is 4.46. The van der Waals surface area contributed by atoms with Gasteiger partial charge in [-0.05, 0) is 45.1 Å². The van der Waals surface area contributed by atoms with E-state index < -0.39 is 12.1 Å². The zero-order valence-electron chi connectivity index (χ0n) is 12.1. The number of amides is 1. The summed E-state index contributed by atoms with van der Waals surface area (Å²) in [6.45, 7) is 2.44. The molecule has 0 radical (unpaired) electrons. The monoisotopic (exact) mass is 304 g/mol. The smallest absolute Gasteiger partial charge is 0.356 e. The minimum Gasteiger partial charge on any atom is -0.356 e. The van der Waals surface area contributed by atoms with Crippen molar-refractivity contribution in [2.75, 3.05) is 19.6 Å². The zero-order valence-corrected chi connectivity index (χ0v) is 12.1. The van der Waals surface area contributed by atoms with Gasteiger partial charge in [-0.15, -0.1) is 0 Å². The second kappa shape index (κ2) is 7.29. The Bertz CT molecular complexity index is 385. The highest BCUT2D eigenvalue weighted by atomic mass is 19.4. The van der Waals surface area contributed by atoms with Gasteiger partial charge in [0.05, 0.1) is 5.92 Å². The van der Waals surface area contributed by atoms with Gasteiger partial charge in [-0.1, -0.05) is 11.6 Å². The van der Waals surface area contributed by atoms with E-state index in [2.05, 4.69) is 16.7 Å². The van der Waals surface area contributed by atoms with Gasteiger partial charge in [-0.25, -0.2) is 0 Å². The first-order valence-electron chi connectivity index (χ1n) is 7.70. The van der Waals surface area contributed by atoms with Gasteiger partial charge in [0.25, 0.3) is 0 Å². The summed E-state index contributed by atoms with van der Waals surface area (Å²) in [5.74, 6) is -1.54. The van der Waals surface area contributed by atoms with Crippen LogP contribution in [0.5, 0.6) is 0 Å². The standard InChI is InChI=1S/C15H23F3N2O/c16-15(17,18)13-3-1-12(2-4-13)14(21)20-10-7-11-5-8-19-9-6-11/h5,12-13,19H,1-4,6-10H2,(H,20,21). The number of carbonyl (C=O) groups excluding carboxylic acids is 1. The summed E-state index contributed by atoms with van der Waals surface area (Å²) in [7, 11) is 0. The van der Waals surface area contributed by atoms with Crippen molar-refractivity contribution in [1.82, 2.24) is 10.6 Å². The Morgan fingerprint density at radius 2 is 2.00 bits per heavy atom. The minimum absolute atomic E-state index is 0.0786. The fourth-order valence-corrected chi connectivity index (χ4v) is 3.07. The van der Waals surface area contributed by atoms with Crippen molar-refractivity contribution >= 4 is 5.91 Å². The van der Waals surface area contributed by atoms with Gasteiger partial charge < -0.3 is 10.6 Å². The Morgan fingerprint density at radius 1 is 1.29 bits per heavy atom. The van der Waals surface area contributed by atoms with Crippen molar-refractivity contribution in [3.63, 3.8) is 0 Å². The second-order valence-corrected chi connectivity index (χ2v) is 5.95. The van der Waals surface area contributed by atoms with E-state index in [4.69, 9.17) is 0 Å². The molecule has 120 valence electrons. The third-order valence-electron chi connectivity index (χ3n) is 4.46. The Balaban J connectivity index is 1.66. The molecule has 1 aliphatic heterocycles. The molecule has 1 heterocycles. The molecule has 3 nitrogen and oxygen atoms in total. The van der Waals surface area contributed by atoms with Gasteiger partial charge in [-0.3, -0.25) is 4.79 Å². The number of hydrogen-bond acceptors (Lipinski definition) is 2. The molecule has 0 aromatic heterocycles. The molecule has 2 rings (SSSR count). The molecule has 1 saturated carbocycles. The predicted molar refractivity (Wildman–Crippen MR) is 74.7 cm³/mol. The molecule has 1 amide bonds. The fourth-order valence-electron chi connectivity index (χ4n) is 3.07. The quantitative estimate of drug-likeness (QED) is 0.784. The molecule has 2 N–H and O–H groups in total. The summed E-state index contributed by atoms with van der Waals surface area (Å²) in [6, 6.07) is 0. The molecule has 0 saturated heterocycles. The van der Waals surface area contributed by atoms with E-state index in [0.29, 0.717) is 19.4 Å². The highest BCUT2D eigenvalue weighted by molar-refractivity contribution is 5.78. The van der Waals surface area contributed by atoms with Crippen LogP contribution in [0.3, 0.4) is 0 Å². The zero-order chi connectivity index (χ0) is 15.3. The third kappa shape index (κ3) is 5.02. The first kappa shape index (κ1) is 16.3. The lowest BCUT2D eigenvalue weighted by atomic mass is 9.81. The normalized spacial score (nSPS) is 27.1. The van der Waals surface area contributed by atoms with Crippen molar-refractivity contribution in [3.8, 4) is 0 Å². The Hall–Kier alpha value is -1.04. The predicted octanol–water partition coefficient (Wildman–Crippen LogP) is 2.78. The summed E-state index contributed by atoms with van der Waals surface area (Å²) >= 11 is 0. The van der Waals surface area contributed by atoms with E-state index in [-0.39, 0.29) is 24.7 Å². The first-order chi connectivity index (χ1) is 9.97. The molecule has 2 aliphatic rings. The van der Waals surface area contributed by atoms with Gasteiger partial charge in [0.2, 0.25) is 5.91 Å². The van der Waals surface area contributed by atoms with Crippen LogP contribution in [-0.4, -0.2) is 31.7 Å². The Kier molecular flexibility index (Phi) is 5.67. The highest BCUT2D eigenvalue weighted by Crippen LogP contribution is 2.39. The number of halogens is 3. The van der Waals surface area contributed by atoms with Crippen LogP contribution in [-0.2, 0) is 4.79 Å². The Morgan fingerprint density at radius 3 is 2.57 bits per heavy atom. The summed E-state index contributed by atoms with van der Waals surface area (Å²) in [5, 5.41) is 6.10. The van der Waals surface area contributed by atoms with Gasteiger partial charge in [-0.2, -0.15) is 13.2 Å². The number of hydrogen-bond donors (Lipinski definition) is 2. The molecule has 0 atom stereocenters. The lowest BCUT2D eigenvalue weighted by Crippen LogP contribution is -2.36. The van der Waals surface area contributed by atoms with Crippen LogP contribution < -0.4 is 10.6 Å². The van der Waals surface area contributed by atoms with E-state index in [9.17, 15) is 18.0 Å². The number of nitrogens with one attached hydrogen (secondary N) is 2. The van der Waals surface area contributed by atoms with E-state index >= 15 is 0 Å². The minimum atomic E-state index is -4.11. The second-order valence-electron chi connectivity index (χ2n) is 5.95. The topological polar surface area (TPSA) is 41.1 Å². The van der Waals surface area contributed by atoms with Crippen LogP contribution in [0, 0.1) is 11.8 Å². The van der Waals surface area contributed by atoms with Crippen LogP contribution in [0.2, 0.25) is 0 Å². The molecule has 1 aliphatic carbocycles. The van der Waals surface area contributed by atoms with Crippen LogP contribution in [0.15, 0.2) is 11.6 Å². The van der Waals surface area contributed by atoms with Gasteiger partial charge in [0.15, 0.2) is 0 Å². The van der Waals surface area contributed by atoms with Crippen LogP contribution in [0.1, 0.15) is 38.5 Å². The van der Waals surface area contributed by atoms with Crippen molar-refractivity contribution in [3.05, 3.63) is 11.6 Å². The summed E-state index contributed by atoms with van der Waals surface area (Å²) in [6.07, 6.45) is 0.743. The maximum absolute atomic E-state index is 12.6. The molecule has 0 spiro atoms. The van der Waals surface area contributed by atoms with Crippen molar-refractivity contribution < 1.29 is 18.0 Å². The van der Waals surface area contributed by atoms with E-state index in [1.807, 2.05) is 0 Å². The molecule has 0 bridgehead atoms. The van der Waals surface area contributed by atoms with Gasteiger partial charge in [0.1, 0.15) is 0 Å². The van der Waals surface area contributed by atoms with Gasteiger partial charge >= 0.3 is 6.18 Å². The van der Waals surface area contributed by atoms with Gasteiger partial charge in [0, 0.05) is 19.0 Å². The molecule has 6 heteroatoms. The van der Waals surface area contributed by atoms with E-state index in [0.717, 1.165) is 25.9 Å². The number of alkyl halides is 3. The number of carbonyl (C=O) groups is 1. The molecule has 1 fully saturated rings. The molecule has 0 unspecified atom stereocenters. The van der Waals surface area contributed by atoms with Crippen LogP contribution in [0.4, 0.5) is 13.2 Å². The molecular formula is C15H23F3N2O. The maximum Gasteiger partial charge on any atom is 0.391 e. The SMILES string of the molecule is O=C(NCCC1=CCNCC1)C1CCC(C(F)(F)F)CC1. The number of rotatable bonds is 4. The van der Waals surface area contributed by atoms with Crippen LogP contribution >= 0.6 is 0 Å². The maximum atomic E-state index is 12.6. The average Bonchev–Trinajstić information content (AvgIpc) is 2.47. The molecule has 0 aromatic carbocycles.